The quantitative estimate of drug-likeness (QED) is 0.859. The van der Waals surface area contributed by atoms with E-state index in [4.69, 9.17) is 15.2 Å². The maximum Gasteiger partial charge on any atom is 0.223 e. The lowest BCUT2D eigenvalue weighted by Crippen LogP contribution is -2.23. The number of ether oxygens (including phenoxy) is 2. The predicted molar refractivity (Wildman–Crippen MR) is 68.7 cm³/mol. The largest absolute Gasteiger partial charge is 0.481 e. The SMILES string of the molecule is COc1ncnc(OCC2CCCC2CN)c1C. The summed E-state index contributed by atoms with van der Waals surface area (Å²) in [5, 5.41) is 0. The van der Waals surface area contributed by atoms with Crippen LogP contribution >= 0.6 is 0 Å². The minimum atomic E-state index is 0.551. The van der Waals surface area contributed by atoms with E-state index < -0.39 is 0 Å². The average molecular weight is 251 g/mol. The van der Waals surface area contributed by atoms with Crippen LogP contribution in [0.2, 0.25) is 0 Å². The van der Waals surface area contributed by atoms with Crippen LogP contribution in [0.25, 0.3) is 0 Å². The van der Waals surface area contributed by atoms with Gasteiger partial charge in [-0.15, -0.1) is 0 Å². The molecule has 0 saturated heterocycles. The van der Waals surface area contributed by atoms with Crippen LogP contribution in [-0.2, 0) is 0 Å². The van der Waals surface area contributed by atoms with Crippen molar-refractivity contribution in [3.8, 4) is 11.8 Å². The summed E-state index contributed by atoms with van der Waals surface area (Å²) in [6.07, 6.45) is 5.14. The Labute approximate surface area is 108 Å². The number of hydrogen-bond acceptors (Lipinski definition) is 5. The Kier molecular flexibility index (Phi) is 4.36. The fourth-order valence-corrected chi connectivity index (χ4v) is 2.60. The molecular weight excluding hydrogens is 230 g/mol. The fraction of sp³-hybridized carbons (Fsp3) is 0.692. The highest BCUT2D eigenvalue weighted by Crippen LogP contribution is 2.32. The average Bonchev–Trinajstić information content (AvgIpc) is 2.85. The van der Waals surface area contributed by atoms with E-state index >= 15 is 0 Å². The molecule has 0 radical (unpaired) electrons. The molecule has 1 saturated carbocycles. The lowest BCUT2D eigenvalue weighted by Gasteiger charge is -2.18. The van der Waals surface area contributed by atoms with Crippen molar-refractivity contribution < 1.29 is 9.47 Å². The Bertz CT molecular complexity index is 398. The lowest BCUT2D eigenvalue weighted by atomic mass is 9.97. The van der Waals surface area contributed by atoms with Crippen molar-refractivity contribution in [1.82, 2.24) is 9.97 Å². The second kappa shape index (κ2) is 6.00. The lowest BCUT2D eigenvalue weighted by molar-refractivity contribution is 0.207. The van der Waals surface area contributed by atoms with Gasteiger partial charge in [-0.2, -0.15) is 0 Å². The molecule has 18 heavy (non-hydrogen) atoms. The van der Waals surface area contributed by atoms with Gasteiger partial charge in [-0.1, -0.05) is 6.42 Å². The monoisotopic (exact) mass is 251 g/mol. The molecule has 2 unspecified atom stereocenters. The first-order chi connectivity index (χ1) is 8.76. The zero-order valence-electron chi connectivity index (χ0n) is 11.1. The number of rotatable bonds is 5. The number of methoxy groups -OCH3 is 1. The van der Waals surface area contributed by atoms with Gasteiger partial charge in [0.2, 0.25) is 11.8 Å². The van der Waals surface area contributed by atoms with Crippen molar-refractivity contribution in [2.75, 3.05) is 20.3 Å². The highest BCUT2D eigenvalue weighted by atomic mass is 16.5. The molecule has 5 heteroatoms. The van der Waals surface area contributed by atoms with Gasteiger partial charge < -0.3 is 15.2 Å². The number of nitrogens with two attached hydrogens (primary N) is 1. The minimum absolute atomic E-state index is 0.551. The standard InChI is InChI=1S/C13H21N3O2/c1-9-12(17-2)15-8-16-13(9)18-7-11-5-3-4-10(11)6-14/h8,10-11H,3-7,14H2,1-2H3. The van der Waals surface area contributed by atoms with E-state index in [1.165, 1.54) is 25.6 Å². The third-order valence-electron chi connectivity index (χ3n) is 3.74. The third kappa shape index (κ3) is 2.72. The summed E-state index contributed by atoms with van der Waals surface area (Å²) in [6.45, 7) is 3.34. The molecule has 0 amide bonds. The fourth-order valence-electron chi connectivity index (χ4n) is 2.60. The first-order valence-corrected chi connectivity index (χ1v) is 6.44. The Morgan fingerprint density at radius 3 is 2.72 bits per heavy atom. The molecule has 5 nitrogen and oxygen atoms in total. The summed E-state index contributed by atoms with van der Waals surface area (Å²) in [5.74, 6) is 2.33. The molecule has 100 valence electrons. The van der Waals surface area contributed by atoms with Gasteiger partial charge in [0.1, 0.15) is 6.33 Å². The van der Waals surface area contributed by atoms with E-state index in [9.17, 15) is 0 Å². The van der Waals surface area contributed by atoms with Crippen molar-refractivity contribution >= 4 is 0 Å². The van der Waals surface area contributed by atoms with E-state index in [0.29, 0.717) is 30.2 Å². The van der Waals surface area contributed by atoms with E-state index in [1.54, 1.807) is 7.11 Å². The Balaban J connectivity index is 1.98. The van der Waals surface area contributed by atoms with Crippen LogP contribution in [0.4, 0.5) is 0 Å². The van der Waals surface area contributed by atoms with Gasteiger partial charge in [-0.05, 0) is 38.1 Å². The van der Waals surface area contributed by atoms with Gasteiger partial charge in [0.15, 0.2) is 0 Å². The van der Waals surface area contributed by atoms with Crippen LogP contribution in [0.15, 0.2) is 6.33 Å². The minimum Gasteiger partial charge on any atom is -0.481 e. The van der Waals surface area contributed by atoms with Crippen LogP contribution in [0.3, 0.4) is 0 Å². The first kappa shape index (κ1) is 13.1. The van der Waals surface area contributed by atoms with Crippen molar-refractivity contribution in [2.45, 2.75) is 26.2 Å². The Morgan fingerprint density at radius 1 is 1.28 bits per heavy atom. The summed E-state index contributed by atoms with van der Waals surface area (Å²) in [4.78, 5) is 8.19. The molecule has 2 atom stereocenters. The van der Waals surface area contributed by atoms with E-state index in [-0.39, 0.29) is 0 Å². The molecule has 1 fully saturated rings. The summed E-state index contributed by atoms with van der Waals surface area (Å²) in [5.41, 5.74) is 6.62. The van der Waals surface area contributed by atoms with Gasteiger partial charge >= 0.3 is 0 Å². The third-order valence-corrected chi connectivity index (χ3v) is 3.74. The predicted octanol–water partition coefficient (Wildman–Crippen LogP) is 1.55. The molecule has 1 aromatic rings. The van der Waals surface area contributed by atoms with Crippen molar-refractivity contribution in [3.63, 3.8) is 0 Å². The van der Waals surface area contributed by atoms with Crippen molar-refractivity contribution in [2.24, 2.45) is 17.6 Å². The Hall–Kier alpha value is -1.36. The van der Waals surface area contributed by atoms with Crippen LogP contribution in [0.1, 0.15) is 24.8 Å². The molecule has 1 aliphatic carbocycles. The van der Waals surface area contributed by atoms with Crippen LogP contribution in [-0.4, -0.2) is 30.2 Å². The Morgan fingerprint density at radius 2 is 2.00 bits per heavy atom. The van der Waals surface area contributed by atoms with Crippen LogP contribution in [0, 0.1) is 18.8 Å². The zero-order valence-corrected chi connectivity index (χ0v) is 11.1. The highest BCUT2D eigenvalue weighted by molar-refractivity contribution is 5.32. The maximum atomic E-state index is 5.81. The summed E-state index contributed by atoms with van der Waals surface area (Å²) >= 11 is 0. The van der Waals surface area contributed by atoms with E-state index in [1.807, 2.05) is 6.92 Å². The van der Waals surface area contributed by atoms with Crippen molar-refractivity contribution in [3.05, 3.63) is 11.9 Å². The second-order valence-electron chi connectivity index (χ2n) is 4.81. The number of aromatic nitrogens is 2. The van der Waals surface area contributed by atoms with E-state index in [2.05, 4.69) is 9.97 Å². The molecule has 2 N–H and O–H groups in total. The van der Waals surface area contributed by atoms with Crippen LogP contribution in [0.5, 0.6) is 11.8 Å². The highest BCUT2D eigenvalue weighted by Gasteiger charge is 2.26. The van der Waals surface area contributed by atoms with Crippen molar-refractivity contribution in [1.29, 1.82) is 0 Å². The molecule has 2 rings (SSSR count). The molecule has 0 aliphatic heterocycles. The maximum absolute atomic E-state index is 5.81. The zero-order chi connectivity index (χ0) is 13.0. The molecule has 0 bridgehead atoms. The normalized spacial score (nSPS) is 23.1. The molecular formula is C13H21N3O2. The van der Waals surface area contributed by atoms with Gasteiger partial charge in [-0.25, -0.2) is 9.97 Å². The first-order valence-electron chi connectivity index (χ1n) is 6.44. The summed E-state index contributed by atoms with van der Waals surface area (Å²) < 4.78 is 11.0. The van der Waals surface area contributed by atoms with E-state index in [0.717, 1.165) is 12.1 Å². The number of nitrogens with zero attached hydrogens (tertiary/aromatic N) is 2. The van der Waals surface area contributed by atoms with Gasteiger partial charge in [0.25, 0.3) is 0 Å². The summed E-state index contributed by atoms with van der Waals surface area (Å²) in [7, 11) is 1.60. The van der Waals surface area contributed by atoms with Gasteiger partial charge in [0.05, 0.1) is 19.3 Å². The van der Waals surface area contributed by atoms with Gasteiger partial charge in [0, 0.05) is 0 Å². The molecule has 1 aromatic heterocycles. The van der Waals surface area contributed by atoms with Gasteiger partial charge in [-0.3, -0.25) is 0 Å². The molecule has 1 aliphatic rings. The second-order valence-corrected chi connectivity index (χ2v) is 4.81. The number of hydrogen-bond donors (Lipinski definition) is 1. The van der Waals surface area contributed by atoms with Crippen LogP contribution < -0.4 is 15.2 Å². The molecule has 0 spiro atoms. The smallest absolute Gasteiger partial charge is 0.223 e. The topological polar surface area (TPSA) is 70.3 Å². The molecule has 1 heterocycles. The summed E-state index contributed by atoms with van der Waals surface area (Å²) in [6, 6.07) is 0. The molecule has 0 aromatic carbocycles.